The lowest BCUT2D eigenvalue weighted by Crippen LogP contribution is -2.53. The molecule has 3 amide bonds. The van der Waals surface area contributed by atoms with Crippen molar-refractivity contribution in [3.8, 4) is 0 Å². The quantitative estimate of drug-likeness (QED) is 0.167. The number of nitrogens with one attached hydrogen (secondary N) is 2. The van der Waals surface area contributed by atoms with Crippen LogP contribution in [0.15, 0.2) is 66.7 Å². The lowest BCUT2D eigenvalue weighted by atomic mass is 9.98. The number of alkyl carbamates (subject to hydrolysis) is 1. The van der Waals surface area contributed by atoms with Gasteiger partial charge in [0.25, 0.3) is 5.91 Å². The Balaban J connectivity index is 2.00. The summed E-state index contributed by atoms with van der Waals surface area (Å²) in [7, 11) is 0. The number of hydrogen-bond acceptors (Lipinski definition) is 4. The Morgan fingerprint density at radius 3 is 2.13 bits per heavy atom. The van der Waals surface area contributed by atoms with E-state index in [0.717, 1.165) is 54.0 Å². The summed E-state index contributed by atoms with van der Waals surface area (Å²) in [5.41, 5.74) is 1.73. The van der Waals surface area contributed by atoms with Crippen molar-refractivity contribution in [3.63, 3.8) is 0 Å². The van der Waals surface area contributed by atoms with E-state index in [-0.39, 0.29) is 17.7 Å². The van der Waals surface area contributed by atoms with Crippen molar-refractivity contribution < 1.29 is 19.1 Å². The summed E-state index contributed by atoms with van der Waals surface area (Å²) < 4.78 is 5.54. The van der Waals surface area contributed by atoms with Crippen LogP contribution < -0.4 is 10.6 Å². The summed E-state index contributed by atoms with van der Waals surface area (Å²) in [5, 5.41) is 8.04. The highest BCUT2D eigenvalue weighted by Crippen LogP contribution is 2.28. The van der Waals surface area contributed by atoms with Crippen LogP contribution in [0.5, 0.6) is 0 Å². The normalized spacial score (nSPS) is 12.9. The Hall–Kier alpha value is -3.87. The monoisotopic (exact) mass is 615 g/mol. The molecular formula is C38H53N3O4. The number of unbranched alkanes of at least 4 members (excludes halogenated alkanes) is 5. The molecule has 2 unspecified atom stereocenters. The van der Waals surface area contributed by atoms with Gasteiger partial charge in [0.05, 0.1) is 0 Å². The van der Waals surface area contributed by atoms with Crippen LogP contribution in [-0.2, 0) is 14.3 Å². The van der Waals surface area contributed by atoms with Crippen LogP contribution in [0.2, 0.25) is 0 Å². The van der Waals surface area contributed by atoms with Crippen LogP contribution in [0.4, 0.5) is 10.5 Å². The summed E-state index contributed by atoms with van der Waals surface area (Å²) in [6, 6.07) is 19.8. The van der Waals surface area contributed by atoms with Crippen LogP contribution in [0.3, 0.4) is 0 Å². The highest BCUT2D eigenvalue weighted by Gasteiger charge is 2.36. The van der Waals surface area contributed by atoms with Gasteiger partial charge in [0.1, 0.15) is 17.7 Å². The molecule has 7 heteroatoms. The largest absolute Gasteiger partial charge is 0.444 e. The molecule has 0 saturated heterocycles. The van der Waals surface area contributed by atoms with E-state index in [0.29, 0.717) is 18.7 Å². The predicted molar refractivity (Wildman–Crippen MR) is 184 cm³/mol. The molecule has 3 aromatic carbocycles. The molecule has 0 saturated carbocycles. The second kappa shape index (κ2) is 17.0. The van der Waals surface area contributed by atoms with Crippen molar-refractivity contribution in [2.45, 2.75) is 111 Å². The van der Waals surface area contributed by atoms with Gasteiger partial charge in [0.15, 0.2) is 0 Å². The number of aryl methyl sites for hydroxylation is 1. The fourth-order valence-corrected chi connectivity index (χ4v) is 5.47. The topological polar surface area (TPSA) is 87.7 Å². The molecule has 0 bridgehead atoms. The third-order valence-electron chi connectivity index (χ3n) is 7.70. The second-order valence-corrected chi connectivity index (χ2v) is 13.5. The van der Waals surface area contributed by atoms with Crippen LogP contribution >= 0.6 is 0 Å². The maximum absolute atomic E-state index is 14.5. The molecule has 244 valence electrons. The zero-order chi connectivity index (χ0) is 33.0. The summed E-state index contributed by atoms with van der Waals surface area (Å²) >= 11 is 0. The highest BCUT2D eigenvalue weighted by atomic mass is 16.6. The Bertz CT molecular complexity index is 1390. The van der Waals surface area contributed by atoms with E-state index in [9.17, 15) is 14.4 Å². The smallest absolute Gasteiger partial charge is 0.408 e. The number of benzene rings is 3. The Morgan fingerprint density at radius 1 is 0.844 bits per heavy atom. The molecule has 3 aromatic rings. The van der Waals surface area contributed by atoms with E-state index in [1.165, 1.54) is 6.42 Å². The number of fused-ring (bicyclic) bond motifs is 1. The molecule has 2 atom stereocenters. The van der Waals surface area contributed by atoms with Crippen molar-refractivity contribution in [3.05, 3.63) is 77.9 Å². The molecule has 0 aliphatic rings. The lowest BCUT2D eigenvalue weighted by Gasteiger charge is -2.35. The van der Waals surface area contributed by atoms with Crippen molar-refractivity contribution in [1.29, 1.82) is 0 Å². The van der Waals surface area contributed by atoms with E-state index in [1.807, 2.05) is 87.5 Å². The molecule has 3 rings (SSSR count). The van der Waals surface area contributed by atoms with Gasteiger partial charge < -0.3 is 20.3 Å². The van der Waals surface area contributed by atoms with Crippen molar-refractivity contribution >= 4 is 34.4 Å². The van der Waals surface area contributed by atoms with Crippen LogP contribution in [0, 0.1) is 12.8 Å². The molecule has 0 radical (unpaired) electrons. The van der Waals surface area contributed by atoms with Crippen LogP contribution in [-0.4, -0.2) is 41.0 Å². The Kier molecular flexibility index (Phi) is 13.4. The highest BCUT2D eigenvalue weighted by molar-refractivity contribution is 6.00. The first-order chi connectivity index (χ1) is 21.4. The number of ether oxygens (including phenoxy) is 1. The molecule has 0 aromatic heterocycles. The molecule has 7 nitrogen and oxygen atoms in total. The minimum absolute atomic E-state index is 0.119. The summed E-state index contributed by atoms with van der Waals surface area (Å²) in [6.07, 6.45) is 6.02. The minimum Gasteiger partial charge on any atom is -0.444 e. The van der Waals surface area contributed by atoms with E-state index in [4.69, 9.17) is 4.74 Å². The Labute approximate surface area is 270 Å². The maximum Gasteiger partial charge on any atom is 0.408 e. The molecule has 45 heavy (non-hydrogen) atoms. The number of hydrogen-bond donors (Lipinski definition) is 2. The van der Waals surface area contributed by atoms with Crippen molar-refractivity contribution in [1.82, 2.24) is 10.2 Å². The van der Waals surface area contributed by atoms with E-state index in [2.05, 4.69) is 17.6 Å². The number of carbonyl (C=O) groups excluding carboxylic acids is 3. The van der Waals surface area contributed by atoms with Gasteiger partial charge >= 0.3 is 6.09 Å². The van der Waals surface area contributed by atoms with E-state index < -0.39 is 23.8 Å². The number of nitrogens with zero attached hydrogens (tertiary/aromatic N) is 1. The lowest BCUT2D eigenvalue weighted by molar-refractivity contribution is -0.141. The molecule has 0 fully saturated rings. The molecule has 0 aliphatic carbocycles. The molecular weight excluding hydrogens is 562 g/mol. The molecule has 0 aliphatic heterocycles. The van der Waals surface area contributed by atoms with Crippen molar-refractivity contribution in [2.24, 2.45) is 5.92 Å². The maximum atomic E-state index is 14.5. The molecule has 2 N–H and O–H groups in total. The van der Waals surface area contributed by atoms with Gasteiger partial charge in [-0.3, -0.25) is 9.59 Å². The number of anilines is 1. The fraction of sp³-hybridized carbons (Fsp3) is 0.500. The Morgan fingerprint density at radius 2 is 1.49 bits per heavy atom. The average Bonchev–Trinajstić information content (AvgIpc) is 2.97. The van der Waals surface area contributed by atoms with Gasteiger partial charge in [-0.2, -0.15) is 0 Å². The molecule has 0 spiro atoms. The third kappa shape index (κ3) is 11.5. The van der Waals surface area contributed by atoms with Crippen LogP contribution in [0.25, 0.3) is 10.8 Å². The second-order valence-electron chi connectivity index (χ2n) is 13.5. The van der Waals surface area contributed by atoms with Gasteiger partial charge in [-0.1, -0.05) is 113 Å². The van der Waals surface area contributed by atoms with E-state index in [1.54, 1.807) is 25.7 Å². The summed E-state index contributed by atoms with van der Waals surface area (Å²) in [6.45, 7) is 14.0. The zero-order valence-electron chi connectivity index (χ0n) is 28.3. The predicted octanol–water partition coefficient (Wildman–Crippen LogP) is 8.96. The first-order valence-corrected chi connectivity index (χ1v) is 16.5. The van der Waals surface area contributed by atoms with Crippen LogP contribution in [0.1, 0.15) is 104 Å². The van der Waals surface area contributed by atoms with E-state index >= 15 is 0 Å². The van der Waals surface area contributed by atoms with Gasteiger partial charge in [-0.15, -0.1) is 0 Å². The third-order valence-corrected chi connectivity index (χ3v) is 7.70. The van der Waals surface area contributed by atoms with Crippen molar-refractivity contribution in [2.75, 3.05) is 11.9 Å². The zero-order valence-corrected chi connectivity index (χ0v) is 28.3. The van der Waals surface area contributed by atoms with Gasteiger partial charge in [-0.05, 0) is 74.9 Å². The molecule has 0 heterocycles. The van der Waals surface area contributed by atoms with Gasteiger partial charge in [-0.25, -0.2) is 4.79 Å². The number of amides is 3. The number of carbonyl (C=O) groups is 3. The van der Waals surface area contributed by atoms with Gasteiger partial charge in [0, 0.05) is 12.2 Å². The fourth-order valence-electron chi connectivity index (χ4n) is 5.47. The SMILES string of the molecule is CCCCCCCCN(C(=O)C(CC(C)C)NC(=O)OC(C)(C)C)C(C(=O)Nc1ccc2ccccc2c1)c1ccc(C)cc1. The first kappa shape index (κ1) is 35.6. The minimum atomic E-state index is -0.893. The summed E-state index contributed by atoms with van der Waals surface area (Å²) in [4.78, 5) is 43.4. The standard InChI is InChI=1S/C38H53N3O4/c1-8-9-10-11-12-15-24-41(36(43)33(25-27(2)3)40-37(44)45-38(5,6)7)34(30-20-18-28(4)19-21-30)35(42)39-32-23-22-29-16-13-14-17-31(29)26-32/h13-14,16-23,26-27,33-34H,8-12,15,24-25H2,1-7H3,(H,39,42)(H,40,44). The average molecular weight is 616 g/mol. The number of rotatable bonds is 15. The first-order valence-electron chi connectivity index (χ1n) is 16.5. The van der Waals surface area contributed by atoms with Gasteiger partial charge in [0.2, 0.25) is 5.91 Å². The summed E-state index contributed by atoms with van der Waals surface area (Å²) in [5.74, 6) is -0.467.